The maximum atomic E-state index is 12.9. The smallest absolute Gasteiger partial charge is 0.422 e. The Kier molecular flexibility index (Phi) is 8.12. The predicted molar refractivity (Wildman–Crippen MR) is 123 cm³/mol. The van der Waals surface area contributed by atoms with Gasteiger partial charge in [0.25, 0.3) is 0 Å². The molecule has 2 N–H and O–H groups in total. The van der Waals surface area contributed by atoms with Crippen LogP contribution in [0, 0.1) is 3.57 Å². The van der Waals surface area contributed by atoms with E-state index in [0.717, 1.165) is 9.13 Å². The molecule has 0 spiro atoms. The fourth-order valence-electron chi connectivity index (χ4n) is 2.43. The number of ether oxygens (including phenoxy) is 2. The number of amides is 1. The molecule has 0 radical (unpaired) electrons. The number of benzene rings is 2. The third-order valence-electron chi connectivity index (χ3n) is 3.61. The first-order chi connectivity index (χ1) is 14.4. The van der Waals surface area contributed by atoms with Gasteiger partial charge in [0.2, 0.25) is 0 Å². The van der Waals surface area contributed by atoms with E-state index in [1.807, 2.05) is 52.9 Å². The fraction of sp³-hybridized carbons (Fsp3) is 0.300. The number of carboxylic acids is 1. The zero-order chi connectivity index (χ0) is 23.2. The number of carbonyl (C=O) groups is 2. The number of anilines is 1. The van der Waals surface area contributed by atoms with E-state index < -0.39 is 34.4 Å². The van der Waals surface area contributed by atoms with Crippen LogP contribution in [0.4, 0.5) is 10.5 Å². The molecule has 2 rings (SSSR count). The van der Waals surface area contributed by atoms with Crippen molar-refractivity contribution in [3.8, 4) is 5.75 Å². The minimum Gasteiger partial charge on any atom is -0.487 e. The number of carboxylic acid groups (broad SMARTS) is 1. The molecule has 0 aromatic heterocycles. The summed E-state index contributed by atoms with van der Waals surface area (Å²) in [6.45, 7) is 3.92. The lowest BCUT2D eigenvalue weighted by Gasteiger charge is -2.26. The highest BCUT2D eigenvalue weighted by molar-refractivity contribution is 14.1. The zero-order valence-electron chi connectivity index (χ0n) is 17.2. The summed E-state index contributed by atoms with van der Waals surface area (Å²) in [5, 5.41) is 9.29. The van der Waals surface area contributed by atoms with Crippen LogP contribution in [0.15, 0.2) is 48.5 Å². The zero-order valence-corrected chi connectivity index (χ0v) is 20.1. The Labute approximate surface area is 194 Å². The predicted octanol–water partition coefficient (Wildman–Crippen LogP) is 3.53. The van der Waals surface area contributed by atoms with Crippen molar-refractivity contribution >= 4 is 50.6 Å². The topological polar surface area (TPSA) is 122 Å². The van der Waals surface area contributed by atoms with Crippen LogP contribution in [0.1, 0.15) is 26.3 Å². The molecule has 0 aliphatic carbocycles. The average Bonchev–Trinajstić information content (AvgIpc) is 2.63. The van der Waals surface area contributed by atoms with Gasteiger partial charge in [-0.05, 0) is 67.1 Å². The molecule has 0 heterocycles. The second-order valence-electron chi connectivity index (χ2n) is 7.40. The third-order valence-corrected chi connectivity index (χ3v) is 5.61. The van der Waals surface area contributed by atoms with Crippen LogP contribution in [0.5, 0.6) is 5.75 Å². The summed E-state index contributed by atoms with van der Waals surface area (Å²) in [5.41, 5.74) is -0.133. The van der Waals surface area contributed by atoms with Crippen molar-refractivity contribution in [3.05, 3.63) is 57.7 Å². The van der Waals surface area contributed by atoms with E-state index in [4.69, 9.17) is 9.47 Å². The Bertz CT molecular complexity index is 1040. The molecule has 31 heavy (non-hydrogen) atoms. The lowest BCUT2D eigenvalue weighted by Crippen LogP contribution is -2.47. The van der Waals surface area contributed by atoms with E-state index in [1.165, 1.54) is 6.07 Å². The Morgan fingerprint density at radius 1 is 1.13 bits per heavy atom. The maximum absolute atomic E-state index is 12.9. The van der Waals surface area contributed by atoms with Crippen LogP contribution in [-0.4, -0.2) is 37.7 Å². The quantitative estimate of drug-likeness (QED) is 0.472. The number of aliphatic carboxylic acids is 1. The molecule has 2 aromatic rings. The van der Waals surface area contributed by atoms with Crippen molar-refractivity contribution in [2.45, 2.75) is 33.0 Å². The Balaban J connectivity index is 2.38. The first kappa shape index (κ1) is 24.7. The Morgan fingerprint density at radius 3 is 2.35 bits per heavy atom. The molecule has 0 unspecified atom stereocenters. The molecule has 0 saturated carbocycles. The van der Waals surface area contributed by atoms with Gasteiger partial charge in [-0.25, -0.2) is 13.8 Å². The van der Waals surface area contributed by atoms with Gasteiger partial charge in [0.15, 0.2) is 0 Å². The number of nitrogens with zero attached hydrogens (tertiary/aromatic N) is 1. The fourth-order valence-corrected chi connectivity index (χ4v) is 3.94. The second-order valence-corrected chi connectivity index (χ2v) is 10.2. The van der Waals surface area contributed by atoms with Crippen molar-refractivity contribution < 1.29 is 32.6 Å². The monoisotopic (exact) mass is 562 g/mol. The van der Waals surface area contributed by atoms with E-state index in [1.54, 1.807) is 37.6 Å². The molecule has 0 bridgehead atoms. The second kappa shape index (κ2) is 10.2. The van der Waals surface area contributed by atoms with Gasteiger partial charge in [-0.2, -0.15) is 8.42 Å². The molecular weight excluding hydrogens is 539 g/mol. The minimum absolute atomic E-state index is 0.0326. The molecule has 0 atom stereocenters. The highest BCUT2D eigenvalue weighted by Crippen LogP contribution is 2.32. The summed E-state index contributed by atoms with van der Waals surface area (Å²) < 4.78 is 39.6. The largest absolute Gasteiger partial charge is 0.487 e. The molecular formula is C20H23IN2O7S. The van der Waals surface area contributed by atoms with Gasteiger partial charge in [-0.1, -0.05) is 30.3 Å². The highest BCUT2D eigenvalue weighted by Gasteiger charge is 2.31. The van der Waals surface area contributed by atoms with Crippen molar-refractivity contribution in [1.29, 1.82) is 0 Å². The van der Waals surface area contributed by atoms with Crippen LogP contribution in [0.25, 0.3) is 0 Å². The van der Waals surface area contributed by atoms with Gasteiger partial charge in [0.1, 0.15) is 24.5 Å². The molecule has 0 fully saturated rings. The summed E-state index contributed by atoms with van der Waals surface area (Å²) in [4.78, 5) is 23.4. The summed E-state index contributed by atoms with van der Waals surface area (Å²) in [6.07, 6.45) is -1.22. The SMILES string of the molecule is CC(C)(C)OC(=O)NS(=O)(=O)N(CC(=O)O)c1ccc(I)cc1OCc1ccccc1. The molecule has 0 saturated heterocycles. The standard InChI is InChI=1S/C20H23IN2O7S/c1-20(2,3)30-19(26)22-31(27,28)23(12-18(24)25)16-10-9-15(21)11-17(16)29-13-14-7-5-4-6-8-14/h4-11H,12-13H2,1-3H3,(H,22,26)(H,24,25). The van der Waals surface area contributed by atoms with Crippen LogP contribution in [0.2, 0.25) is 0 Å². The Morgan fingerprint density at radius 2 is 1.77 bits per heavy atom. The van der Waals surface area contributed by atoms with Crippen LogP contribution in [0.3, 0.4) is 0 Å². The minimum atomic E-state index is -4.61. The molecule has 0 aliphatic rings. The lowest BCUT2D eigenvalue weighted by molar-refractivity contribution is -0.135. The van der Waals surface area contributed by atoms with E-state index >= 15 is 0 Å². The third kappa shape index (κ3) is 7.90. The van der Waals surface area contributed by atoms with Crippen LogP contribution >= 0.6 is 22.6 Å². The molecule has 2 aromatic carbocycles. The van der Waals surface area contributed by atoms with Crippen LogP contribution < -0.4 is 13.8 Å². The van der Waals surface area contributed by atoms with Gasteiger partial charge < -0.3 is 14.6 Å². The number of carbonyl (C=O) groups excluding carboxylic acids is 1. The molecule has 168 valence electrons. The number of nitrogens with one attached hydrogen (secondary N) is 1. The van der Waals surface area contributed by atoms with E-state index in [9.17, 15) is 23.1 Å². The van der Waals surface area contributed by atoms with Gasteiger partial charge >= 0.3 is 22.3 Å². The summed E-state index contributed by atoms with van der Waals surface area (Å²) in [5.74, 6) is -1.27. The Hall–Kier alpha value is -2.54. The summed E-state index contributed by atoms with van der Waals surface area (Å²) in [7, 11) is -4.61. The highest BCUT2D eigenvalue weighted by atomic mass is 127. The van der Waals surface area contributed by atoms with Gasteiger partial charge in [0, 0.05) is 3.57 Å². The maximum Gasteiger partial charge on any atom is 0.422 e. The average molecular weight is 562 g/mol. The molecule has 11 heteroatoms. The first-order valence-corrected chi connectivity index (χ1v) is 11.6. The number of hydrogen-bond acceptors (Lipinski definition) is 6. The summed E-state index contributed by atoms with van der Waals surface area (Å²) in [6, 6.07) is 13.8. The number of hydrogen-bond donors (Lipinski definition) is 2. The van der Waals surface area contributed by atoms with Crippen LogP contribution in [-0.2, 0) is 26.3 Å². The normalized spacial score (nSPS) is 11.5. The van der Waals surface area contributed by atoms with Gasteiger partial charge in [-0.15, -0.1) is 0 Å². The molecule has 0 aliphatic heterocycles. The van der Waals surface area contributed by atoms with E-state index in [0.29, 0.717) is 4.31 Å². The van der Waals surface area contributed by atoms with E-state index in [-0.39, 0.29) is 18.0 Å². The molecule has 1 amide bonds. The van der Waals surface area contributed by atoms with Crippen molar-refractivity contribution in [2.75, 3.05) is 10.8 Å². The first-order valence-electron chi connectivity index (χ1n) is 9.09. The number of rotatable bonds is 8. The van der Waals surface area contributed by atoms with E-state index in [2.05, 4.69) is 0 Å². The van der Waals surface area contributed by atoms with Gasteiger partial charge in [0.05, 0.1) is 5.69 Å². The van der Waals surface area contributed by atoms with Crippen molar-refractivity contribution in [1.82, 2.24) is 4.72 Å². The van der Waals surface area contributed by atoms with Gasteiger partial charge in [-0.3, -0.25) is 4.79 Å². The van der Waals surface area contributed by atoms with Crippen molar-refractivity contribution in [2.24, 2.45) is 0 Å². The number of halogens is 1. The van der Waals surface area contributed by atoms with Crippen molar-refractivity contribution in [3.63, 3.8) is 0 Å². The molecule has 9 nitrogen and oxygen atoms in total. The summed E-state index contributed by atoms with van der Waals surface area (Å²) >= 11 is 2.03. The lowest BCUT2D eigenvalue weighted by atomic mass is 10.2.